The highest BCUT2D eigenvalue weighted by Gasteiger charge is 1.97. The van der Waals surface area contributed by atoms with Crippen molar-refractivity contribution in [3.05, 3.63) is 27.8 Å². The fourth-order valence-electron chi connectivity index (χ4n) is 1.47. The maximum atomic E-state index is 3.43. The van der Waals surface area contributed by atoms with E-state index in [2.05, 4.69) is 70.9 Å². The summed E-state index contributed by atoms with van der Waals surface area (Å²) in [5.41, 5.74) is 1.21. The summed E-state index contributed by atoms with van der Waals surface area (Å²) in [6, 6.07) is 8.51. The molecule has 2 nitrogen and oxygen atoms in total. The van der Waals surface area contributed by atoms with Gasteiger partial charge < -0.3 is 10.2 Å². The van der Waals surface area contributed by atoms with Crippen molar-refractivity contribution in [2.24, 2.45) is 0 Å². The highest BCUT2D eigenvalue weighted by Crippen LogP contribution is 2.10. The van der Waals surface area contributed by atoms with Crippen molar-refractivity contribution in [1.29, 1.82) is 0 Å². The zero-order valence-electron chi connectivity index (χ0n) is 9.46. The minimum Gasteiger partial charge on any atom is -0.384 e. The monoisotopic (exact) mass is 318 g/mol. The van der Waals surface area contributed by atoms with E-state index in [0.717, 1.165) is 26.2 Å². The van der Waals surface area contributed by atoms with Crippen LogP contribution in [0.5, 0.6) is 0 Å². The Morgan fingerprint density at radius 2 is 1.73 bits per heavy atom. The number of nitrogens with zero attached hydrogens (tertiary/aromatic N) is 1. The van der Waals surface area contributed by atoms with E-state index in [-0.39, 0.29) is 0 Å². The van der Waals surface area contributed by atoms with E-state index in [1.54, 1.807) is 0 Å². The van der Waals surface area contributed by atoms with Crippen LogP contribution < -0.4 is 5.32 Å². The predicted octanol–water partition coefficient (Wildman–Crippen LogP) is 3.04. The third-order valence-electron chi connectivity index (χ3n) is 2.50. The second-order valence-electron chi connectivity index (χ2n) is 3.46. The summed E-state index contributed by atoms with van der Waals surface area (Å²) in [5.74, 6) is 0. The fraction of sp³-hybridized carbons (Fsp3) is 0.500. The van der Waals surface area contributed by atoms with E-state index >= 15 is 0 Å². The number of rotatable bonds is 6. The van der Waals surface area contributed by atoms with Gasteiger partial charge in [0.15, 0.2) is 0 Å². The molecule has 84 valence electrons. The molecule has 0 saturated heterocycles. The predicted molar refractivity (Wildman–Crippen MR) is 75.4 cm³/mol. The van der Waals surface area contributed by atoms with Crippen LogP contribution in [0.4, 0.5) is 5.69 Å². The standard InChI is InChI=1S/C12H19IN2/c1-3-15(4-2)10-9-14-12-7-5-11(13)6-8-12/h5-8,14H,3-4,9-10H2,1-2H3. The Morgan fingerprint density at radius 3 is 2.27 bits per heavy atom. The number of hydrogen-bond donors (Lipinski definition) is 1. The van der Waals surface area contributed by atoms with E-state index in [0.29, 0.717) is 0 Å². The molecule has 1 rings (SSSR count). The van der Waals surface area contributed by atoms with Gasteiger partial charge in [-0.05, 0) is 59.9 Å². The van der Waals surface area contributed by atoms with Crippen LogP contribution in [0.25, 0.3) is 0 Å². The first-order valence-corrected chi connectivity index (χ1v) is 6.56. The second-order valence-corrected chi connectivity index (χ2v) is 4.71. The van der Waals surface area contributed by atoms with E-state index in [1.807, 2.05) is 0 Å². The molecule has 0 fully saturated rings. The average molecular weight is 318 g/mol. The topological polar surface area (TPSA) is 15.3 Å². The van der Waals surface area contributed by atoms with Crippen molar-refractivity contribution in [1.82, 2.24) is 4.90 Å². The summed E-state index contributed by atoms with van der Waals surface area (Å²) < 4.78 is 1.28. The van der Waals surface area contributed by atoms with Gasteiger partial charge in [-0.15, -0.1) is 0 Å². The zero-order chi connectivity index (χ0) is 11.1. The third-order valence-corrected chi connectivity index (χ3v) is 3.21. The Kier molecular flexibility index (Phi) is 6.02. The molecule has 0 aromatic heterocycles. The van der Waals surface area contributed by atoms with E-state index < -0.39 is 0 Å². The molecular formula is C12H19IN2. The van der Waals surface area contributed by atoms with Crippen molar-refractivity contribution in [3.8, 4) is 0 Å². The Bertz CT molecular complexity index is 267. The molecule has 15 heavy (non-hydrogen) atoms. The van der Waals surface area contributed by atoms with Crippen LogP contribution in [0, 0.1) is 3.57 Å². The zero-order valence-corrected chi connectivity index (χ0v) is 11.6. The molecule has 0 spiro atoms. The minimum absolute atomic E-state index is 1.02. The molecule has 0 aliphatic carbocycles. The van der Waals surface area contributed by atoms with Crippen LogP contribution in [-0.2, 0) is 0 Å². The highest BCUT2D eigenvalue weighted by molar-refractivity contribution is 14.1. The van der Waals surface area contributed by atoms with Gasteiger partial charge in [-0.25, -0.2) is 0 Å². The van der Waals surface area contributed by atoms with Gasteiger partial charge in [0.1, 0.15) is 0 Å². The van der Waals surface area contributed by atoms with Crippen LogP contribution in [-0.4, -0.2) is 31.1 Å². The molecule has 3 heteroatoms. The number of nitrogens with one attached hydrogen (secondary N) is 1. The van der Waals surface area contributed by atoms with Crippen LogP contribution in [0.3, 0.4) is 0 Å². The van der Waals surface area contributed by atoms with E-state index in [4.69, 9.17) is 0 Å². The van der Waals surface area contributed by atoms with Crippen LogP contribution in [0.1, 0.15) is 13.8 Å². The van der Waals surface area contributed by atoms with Gasteiger partial charge in [-0.2, -0.15) is 0 Å². The number of anilines is 1. The van der Waals surface area contributed by atoms with Gasteiger partial charge >= 0.3 is 0 Å². The van der Waals surface area contributed by atoms with Crippen molar-refractivity contribution < 1.29 is 0 Å². The van der Waals surface area contributed by atoms with Gasteiger partial charge in [0.25, 0.3) is 0 Å². The molecule has 0 radical (unpaired) electrons. The maximum Gasteiger partial charge on any atom is 0.0341 e. The summed E-state index contributed by atoms with van der Waals surface area (Å²) >= 11 is 2.32. The normalized spacial score (nSPS) is 10.7. The minimum atomic E-state index is 1.02. The number of likely N-dealkylation sites (N-methyl/N-ethyl adjacent to an activating group) is 1. The lowest BCUT2D eigenvalue weighted by atomic mass is 10.3. The van der Waals surface area contributed by atoms with Gasteiger partial charge in [-0.3, -0.25) is 0 Å². The summed E-state index contributed by atoms with van der Waals surface area (Å²) in [4.78, 5) is 2.42. The average Bonchev–Trinajstić information content (AvgIpc) is 2.27. The Balaban J connectivity index is 2.28. The Morgan fingerprint density at radius 1 is 1.13 bits per heavy atom. The fourth-order valence-corrected chi connectivity index (χ4v) is 1.83. The SMILES string of the molecule is CCN(CC)CCNc1ccc(I)cc1. The third kappa shape index (κ3) is 4.84. The van der Waals surface area contributed by atoms with Crippen LogP contribution in [0.15, 0.2) is 24.3 Å². The van der Waals surface area contributed by atoms with Crippen LogP contribution >= 0.6 is 22.6 Å². The van der Waals surface area contributed by atoms with Crippen molar-refractivity contribution in [2.45, 2.75) is 13.8 Å². The largest absolute Gasteiger partial charge is 0.384 e. The molecule has 0 bridgehead atoms. The van der Waals surface area contributed by atoms with Gasteiger partial charge in [-0.1, -0.05) is 13.8 Å². The Hall–Kier alpha value is -0.290. The molecule has 0 unspecified atom stereocenters. The summed E-state index contributed by atoms with van der Waals surface area (Å²) in [7, 11) is 0. The van der Waals surface area contributed by atoms with Crippen molar-refractivity contribution in [3.63, 3.8) is 0 Å². The van der Waals surface area contributed by atoms with Crippen molar-refractivity contribution in [2.75, 3.05) is 31.5 Å². The first-order chi connectivity index (χ1) is 7.26. The van der Waals surface area contributed by atoms with Gasteiger partial charge in [0.2, 0.25) is 0 Å². The lowest BCUT2D eigenvalue weighted by Gasteiger charge is -2.18. The quantitative estimate of drug-likeness (QED) is 0.811. The smallest absolute Gasteiger partial charge is 0.0341 e. The first-order valence-electron chi connectivity index (χ1n) is 5.48. The number of benzene rings is 1. The molecule has 0 atom stereocenters. The van der Waals surface area contributed by atoms with Gasteiger partial charge in [0.05, 0.1) is 0 Å². The number of halogens is 1. The molecule has 1 aromatic rings. The molecule has 1 N–H and O–H groups in total. The summed E-state index contributed by atoms with van der Waals surface area (Å²) in [6.45, 7) is 8.79. The van der Waals surface area contributed by atoms with E-state index in [1.165, 1.54) is 9.26 Å². The lowest BCUT2D eigenvalue weighted by molar-refractivity contribution is 0.316. The Labute approximate surface area is 106 Å². The number of hydrogen-bond acceptors (Lipinski definition) is 2. The first kappa shape index (κ1) is 12.8. The molecule has 0 amide bonds. The van der Waals surface area contributed by atoms with Gasteiger partial charge in [0, 0.05) is 22.3 Å². The molecule has 0 heterocycles. The van der Waals surface area contributed by atoms with Crippen molar-refractivity contribution >= 4 is 28.3 Å². The van der Waals surface area contributed by atoms with E-state index in [9.17, 15) is 0 Å². The molecule has 0 aliphatic rings. The molecule has 0 saturated carbocycles. The maximum absolute atomic E-state index is 3.43. The second kappa shape index (κ2) is 7.06. The molecular weight excluding hydrogens is 299 g/mol. The van der Waals surface area contributed by atoms with Crippen LogP contribution in [0.2, 0.25) is 0 Å². The lowest BCUT2D eigenvalue weighted by Crippen LogP contribution is -2.28. The summed E-state index contributed by atoms with van der Waals surface area (Å²) in [6.07, 6.45) is 0. The summed E-state index contributed by atoms with van der Waals surface area (Å²) in [5, 5.41) is 3.43. The molecule has 1 aromatic carbocycles. The highest BCUT2D eigenvalue weighted by atomic mass is 127. The molecule has 0 aliphatic heterocycles.